The molecule has 10 heteroatoms. The third-order valence-corrected chi connectivity index (χ3v) is 6.25. The number of anilines is 2. The third-order valence-electron chi connectivity index (χ3n) is 6.25. The van der Waals surface area contributed by atoms with Gasteiger partial charge in [-0.2, -0.15) is 0 Å². The average Bonchev–Trinajstić information content (AvgIpc) is 2.93. The van der Waals surface area contributed by atoms with Crippen molar-refractivity contribution in [1.82, 2.24) is 30.6 Å². The van der Waals surface area contributed by atoms with Gasteiger partial charge in [-0.1, -0.05) is 19.1 Å². The van der Waals surface area contributed by atoms with Crippen LogP contribution in [0.1, 0.15) is 40.9 Å². The highest BCUT2D eigenvalue weighted by Crippen LogP contribution is 2.35. The van der Waals surface area contributed by atoms with E-state index in [4.69, 9.17) is 0 Å². The predicted octanol–water partition coefficient (Wildman–Crippen LogP) is 2.70. The predicted molar refractivity (Wildman–Crippen MR) is 139 cm³/mol. The molecule has 3 aromatic heterocycles. The maximum Gasteiger partial charge on any atom is 0.251 e. The molecule has 0 spiro atoms. The number of rotatable bonds is 9. The van der Waals surface area contributed by atoms with E-state index >= 15 is 0 Å². The summed E-state index contributed by atoms with van der Waals surface area (Å²) in [5.74, 6) is 1.53. The lowest BCUT2D eigenvalue weighted by Crippen LogP contribution is -2.26. The van der Waals surface area contributed by atoms with Gasteiger partial charge in [0.25, 0.3) is 5.91 Å². The summed E-state index contributed by atoms with van der Waals surface area (Å²) in [6.45, 7) is 3.01. The standard InChI is InChI=1S/C26H30N8O2/c1-16(18-5-4-6-19-20(26(36)28-3)9-10-29-25(18)19)12-30-23-11-21(33-15-34-23)17-7-8-22(31-13-17)32-14-24(35)27-2/h4,6-11,13,15-16,18H,5,12,14H2,1-3H3,(H,27,35)(H,28,36)(H,31,32)(H,30,33,34)/t16-,18?/m1/s1. The largest absolute Gasteiger partial charge is 0.370 e. The van der Waals surface area contributed by atoms with E-state index in [9.17, 15) is 9.59 Å². The molecule has 10 nitrogen and oxygen atoms in total. The van der Waals surface area contributed by atoms with Gasteiger partial charge in [0, 0.05) is 61.7 Å². The number of pyridine rings is 2. The number of amides is 2. The molecule has 4 rings (SSSR count). The number of nitrogens with zero attached hydrogens (tertiary/aromatic N) is 4. The Morgan fingerprint density at radius 1 is 1.03 bits per heavy atom. The minimum atomic E-state index is -0.114. The Hall–Kier alpha value is -4.34. The third kappa shape index (κ3) is 5.65. The van der Waals surface area contributed by atoms with E-state index in [0.717, 1.165) is 28.9 Å². The lowest BCUT2D eigenvalue weighted by atomic mass is 9.81. The summed E-state index contributed by atoms with van der Waals surface area (Å²) in [6.07, 6.45) is 9.91. The molecule has 1 unspecified atom stereocenters. The molecule has 1 aliphatic rings. The van der Waals surface area contributed by atoms with Crippen molar-refractivity contribution in [3.63, 3.8) is 0 Å². The molecule has 0 saturated carbocycles. The highest BCUT2D eigenvalue weighted by atomic mass is 16.2. The van der Waals surface area contributed by atoms with Gasteiger partial charge in [0.15, 0.2) is 0 Å². The lowest BCUT2D eigenvalue weighted by molar-refractivity contribution is -0.118. The number of likely N-dealkylation sites (N-methyl/N-ethyl adjacent to an activating group) is 1. The zero-order valence-electron chi connectivity index (χ0n) is 20.6. The summed E-state index contributed by atoms with van der Waals surface area (Å²) >= 11 is 0. The van der Waals surface area contributed by atoms with Crippen LogP contribution in [0.2, 0.25) is 0 Å². The molecule has 0 fully saturated rings. The van der Waals surface area contributed by atoms with Crippen molar-refractivity contribution < 1.29 is 9.59 Å². The molecule has 3 heterocycles. The van der Waals surface area contributed by atoms with E-state index < -0.39 is 0 Å². The normalized spacial score (nSPS) is 14.9. The fourth-order valence-electron chi connectivity index (χ4n) is 4.17. The molecule has 0 aliphatic heterocycles. The fraction of sp³-hybridized carbons (Fsp3) is 0.308. The minimum absolute atomic E-state index is 0.108. The smallest absolute Gasteiger partial charge is 0.251 e. The first-order valence-electron chi connectivity index (χ1n) is 11.8. The number of allylic oxidation sites excluding steroid dienone is 1. The Morgan fingerprint density at radius 2 is 1.89 bits per heavy atom. The van der Waals surface area contributed by atoms with Crippen LogP contribution in [0.15, 0.2) is 49.1 Å². The molecule has 0 saturated heterocycles. The van der Waals surface area contributed by atoms with E-state index in [0.29, 0.717) is 23.7 Å². The molecule has 0 radical (unpaired) electrons. The maximum absolute atomic E-state index is 12.3. The highest BCUT2D eigenvalue weighted by molar-refractivity contribution is 5.98. The summed E-state index contributed by atoms with van der Waals surface area (Å²) in [6, 6.07) is 7.35. The maximum atomic E-state index is 12.3. The number of fused-ring (bicyclic) bond motifs is 1. The van der Waals surface area contributed by atoms with Crippen molar-refractivity contribution >= 4 is 29.5 Å². The van der Waals surface area contributed by atoms with Crippen LogP contribution in [0.25, 0.3) is 17.3 Å². The van der Waals surface area contributed by atoms with Crippen molar-refractivity contribution in [2.24, 2.45) is 5.92 Å². The molecule has 36 heavy (non-hydrogen) atoms. The van der Waals surface area contributed by atoms with Gasteiger partial charge < -0.3 is 21.3 Å². The quantitative estimate of drug-likeness (QED) is 0.363. The fourth-order valence-corrected chi connectivity index (χ4v) is 4.17. The van der Waals surface area contributed by atoms with Crippen molar-refractivity contribution in [2.75, 3.05) is 37.8 Å². The summed E-state index contributed by atoms with van der Waals surface area (Å²) in [5.41, 5.74) is 4.08. The zero-order chi connectivity index (χ0) is 25.5. The molecule has 2 amide bonds. The second-order valence-corrected chi connectivity index (χ2v) is 8.59. The Morgan fingerprint density at radius 3 is 2.64 bits per heavy atom. The molecular weight excluding hydrogens is 456 g/mol. The van der Waals surface area contributed by atoms with Crippen LogP contribution in [0.5, 0.6) is 0 Å². The molecule has 1 aliphatic carbocycles. The Bertz CT molecular complexity index is 1260. The Balaban J connectivity index is 1.41. The van der Waals surface area contributed by atoms with E-state index in [1.54, 1.807) is 32.6 Å². The summed E-state index contributed by atoms with van der Waals surface area (Å²) in [5, 5.41) is 11.7. The Labute approximate surface area is 210 Å². The summed E-state index contributed by atoms with van der Waals surface area (Å²) in [7, 11) is 3.23. The van der Waals surface area contributed by atoms with E-state index in [-0.39, 0.29) is 30.2 Å². The highest BCUT2D eigenvalue weighted by Gasteiger charge is 2.27. The van der Waals surface area contributed by atoms with Gasteiger partial charge in [0.2, 0.25) is 5.91 Å². The first kappa shape index (κ1) is 24.8. The minimum Gasteiger partial charge on any atom is -0.370 e. The summed E-state index contributed by atoms with van der Waals surface area (Å²) in [4.78, 5) is 41.4. The Kier molecular flexibility index (Phi) is 7.84. The molecule has 0 aromatic carbocycles. The van der Waals surface area contributed by atoms with Gasteiger partial charge in [0.1, 0.15) is 18.0 Å². The monoisotopic (exact) mass is 486 g/mol. The lowest BCUT2D eigenvalue weighted by Gasteiger charge is -2.27. The molecule has 2 atom stereocenters. The number of hydrogen-bond acceptors (Lipinski definition) is 8. The van der Waals surface area contributed by atoms with Gasteiger partial charge in [-0.05, 0) is 30.5 Å². The van der Waals surface area contributed by atoms with E-state index in [1.165, 1.54) is 6.33 Å². The van der Waals surface area contributed by atoms with Crippen LogP contribution in [0.3, 0.4) is 0 Å². The molecule has 3 aromatic rings. The number of aromatic nitrogens is 4. The first-order valence-corrected chi connectivity index (χ1v) is 11.8. The van der Waals surface area contributed by atoms with Crippen LogP contribution in [-0.4, -0.2) is 58.9 Å². The van der Waals surface area contributed by atoms with Crippen molar-refractivity contribution in [3.05, 3.63) is 65.9 Å². The number of carbonyl (C=O) groups is 2. The SMILES string of the molecule is CNC(=O)CNc1ccc(-c2cc(NC[C@@H](C)C3CC=Cc4c(C(=O)NC)ccnc43)ncn2)cn1. The van der Waals surface area contributed by atoms with E-state index in [2.05, 4.69) is 54.2 Å². The van der Waals surface area contributed by atoms with Crippen LogP contribution in [-0.2, 0) is 4.79 Å². The van der Waals surface area contributed by atoms with Gasteiger partial charge in [-0.25, -0.2) is 15.0 Å². The topological polar surface area (TPSA) is 134 Å². The van der Waals surface area contributed by atoms with Crippen LogP contribution < -0.4 is 21.3 Å². The first-order chi connectivity index (χ1) is 17.5. The van der Waals surface area contributed by atoms with Gasteiger partial charge in [-0.3, -0.25) is 14.6 Å². The molecule has 0 bridgehead atoms. The van der Waals surface area contributed by atoms with Crippen molar-refractivity contribution in [3.8, 4) is 11.3 Å². The van der Waals surface area contributed by atoms with Crippen LogP contribution in [0.4, 0.5) is 11.6 Å². The zero-order valence-corrected chi connectivity index (χ0v) is 20.6. The van der Waals surface area contributed by atoms with Crippen LogP contribution in [0, 0.1) is 5.92 Å². The van der Waals surface area contributed by atoms with Crippen molar-refractivity contribution in [2.45, 2.75) is 19.3 Å². The van der Waals surface area contributed by atoms with Gasteiger partial charge in [-0.15, -0.1) is 0 Å². The number of nitrogens with one attached hydrogen (secondary N) is 4. The average molecular weight is 487 g/mol. The number of hydrogen-bond donors (Lipinski definition) is 4. The second-order valence-electron chi connectivity index (χ2n) is 8.59. The van der Waals surface area contributed by atoms with E-state index in [1.807, 2.05) is 24.3 Å². The second kappa shape index (κ2) is 11.4. The van der Waals surface area contributed by atoms with Crippen molar-refractivity contribution in [1.29, 1.82) is 0 Å². The molecule has 186 valence electrons. The number of carbonyl (C=O) groups excluding carboxylic acids is 2. The molecule has 4 N–H and O–H groups in total. The van der Waals surface area contributed by atoms with Gasteiger partial charge in [0.05, 0.1) is 17.9 Å². The van der Waals surface area contributed by atoms with Gasteiger partial charge >= 0.3 is 0 Å². The van der Waals surface area contributed by atoms with Crippen LogP contribution >= 0.6 is 0 Å². The molecular formula is C26H30N8O2. The summed E-state index contributed by atoms with van der Waals surface area (Å²) < 4.78 is 0.